The van der Waals surface area contributed by atoms with Crippen molar-refractivity contribution in [2.45, 2.75) is 13.0 Å². The molecule has 0 bridgehead atoms. The van der Waals surface area contributed by atoms with Gasteiger partial charge in [-0.25, -0.2) is 0 Å². The Morgan fingerprint density at radius 2 is 2.27 bits per heavy atom. The van der Waals surface area contributed by atoms with Crippen molar-refractivity contribution in [1.82, 2.24) is 4.90 Å². The highest BCUT2D eigenvalue weighted by Gasteiger charge is 2.16. The average molecular weight is 319 g/mol. The fourth-order valence-electron chi connectivity index (χ4n) is 1.15. The van der Waals surface area contributed by atoms with Crippen molar-refractivity contribution in [3.63, 3.8) is 0 Å². The van der Waals surface area contributed by atoms with Crippen LogP contribution in [0.1, 0.15) is 17.3 Å². The molecule has 1 amide bonds. The number of halogens is 1. The Hall–Kier alpha value is -0.620. The van der Waals surface area contributed by atoms with Crippen LogP contribution in [0.3, 0.4) is 0 Å². The van der Waals surface area contributed by atoms with E-state index in [0.29, 0.717) is 5.56 Å². The number of hydrogen-bond acceptors (Lipinski definition) is 2. The molecule has 1 aromatic carbocycles. The van der Waals surface area contributed by atoms with Crippen LogP contribution in [0.5, 0.6) is 0 Å². The van der Waals surface area contributed by atoms with E-state index >= 15 is 0 Å². The molecule has 0 aliphatic heterocycles. The second-order valence-electron chi connectivity index (χ2n) is 3.46. The summed E-state index contributed by atoms with van der Waals surface area (Å²) in [6, 6.07) is 7.25. The van der Waals surface area contributed by atoms with Crippen molar-refractivity contribution in [3.05, 3.63) is 33.4 Å². The van der Waals surface area contributed by atoms with Crippen molar-refractivity contribution < 1.29 is 9.90 Å². The van der Waals surface area contributed by atoms with Crippen molar-refractivity contribution in [1.29, 1.82) is 0 Å². The molecule has 3 nitrogen and oxygen atoms in total. The van der Waals surface area contributed by atoms with Gasteiger partial charge in [-0.05, 0) is 47.7 Å². The lowest BCUT2D eigenvalue weighted by atomic mass is 10.2. The number of carbonyl (C=O) groups is 1. The molecule has 0 heterocycles. The van der Waals surface area contributed by atoms with Crippen molar-refractivity contribution in [2.75, 3.05) is 13.7 Å². The predicted molar refractivity (Wildman–Crippen MR) is 67.8 cm³/mol. The van der Waals surface area contributed by atoms with Gasteiger partial charge in [-0.15, -0.1) is 0 Å². The molecule has 4 heteroatoms. The molecule has 1 unspecified atom stereocenters. The molecule has 82 valence electrons. The van der Waals surface area contributed by atoms with Crippen LogP contribution >= 0.6 is 22.6 Å². The van der Waals surface area contributed by atoms with E-state index in [1.54, 1.807) is 18.0 Å². The van der Waals surface area contributed by atoms with Gasteiger partial charge in [0, 0.05) is 16.2 Å². The molecular formula is C11H14INO2. The third-order valence-electron chi connectivity index (χ3n) is 2.32. The summed E-state index contributed by atoms with van der Waals surface area (Å²) in [7, 11) is 1.70. The molecule has 0 saturated carbocycles. The highest BCUT2D eigenvalue weighted by molar-refractivity contribution is 14.1. The van der Waals surface area contributed by atoms with E-state index in [1.165, 1.54) is 0 Å². The van der Waals surface area contributed by atoms with E-state index in [1.807, 2.05) is 25.1 Å². The van der Waals surface area contributed by atoms with E-state index in [9.17, 15) is 4.79 Å². The molecule has 1 N–H and O–H groups in total. The topological polar surface area (TPSA) is 40.5 Å². The van der Waals surface area contributed by atoms with Gasteiger partial charge in [0.1, 0.15) is 0 Å². The summed E-state index contributed by atoms with van der Waals surface area (Å²) in [6.07, 6.45) is 0. The molecule has 1 rings (SSSR count). The Balaban J connectivity index is 2.85. The van der Waals surface area contributed by atoms with Crippen LogP contribution in [0.4, 0.5) is 0 Å². The van der Waals surface area contributed by atoms with Gasteiger partial charge >= 0.3 is 0 Å². The number of hydrogen-bond donors (Lipinski definition) is 1. The lowest BCUT2D eigenvalue weighted by Gasteiger charge is -2.23. The van der Waals surface area contributed by atoms with E-state index < -0.39 is 0 Å². The second-order valence-corrected chi connectivity index (χ2v) is 4.70. The van der Waals surface area contributed by atoms with Gasteiger partial charge in [0.05, 0.1) is 12.6 Å². The Bertz CT molecular complexity index is 354. The molecule has 0 radical (unpaired) electrons. The Labute approximate surface area is 103 Å². The molecular weight excluding hydrogens is 305 g/mol. The first-order valence-electron chi connectivity index (χ1n) is 4.70. The van der Waals surface area contributed by atoms with Crippen LogP contribution in [0.15, 0.2) is 24.3 Å². The number of benzene rings is 1. The van der Waals surface area contributed by atoms with Gasteiger partial charge in [-0.2, -0.15) is 0 Å². The maximum Gasteiger partial charge on any atom is 0.253 e. The first-order chi connectivity index (χ1) is 7.06. The standard InChI is InChI=1S/C11H14INO2/c1-8(7-14)13(2)11(15)9-4-3-5-10(12)6-9/h3-6,8,14H,7H2,1-2H3. The summed E-state index contributed by atoms with van der Waals surface area (Å²) < 4.78 is 1.03. The third-order valence-corrected chi connectivity index (χ3v) is 2.99. The summed E-state index contributed by atoms with van der Waals surface area (Å²) >= 11 is 2.17. The van der Waals surface area contributed by atoms with Crippen LogP contribution < -0.4 is 0 Å². The number of aliphatic hydroxyl groups excluding tert-OH is 1. The second kappa shape index (κ2) is 5.46. The maximum atomic E-state index is 11.9. The van der Waals surface area contributed by atoms with Gasteiger partial charge in [0.25, 0.3) is 5.91 Å². The molecule has 15 heavy (non-hydrogen) atoms. The lowest BCUT2D eigenvalue weighted by molar-refractivity contribution is 0.0682. The zero-order chi connectivity index (χ0) is 11.4. The fourth-order valence-corrected chi connectivity index (χ4v) is 1.69. The molecule has 0 aliphatic rings. The molecule has 0 saturated heterocycles. The van der Waals surface area contributed by atoms with E-state index in [2.05, 4.69) is 22.6 Å². The predicted octanol–water partition coefficient (Wildman–Crippen LogP) is 1.74. The Morgan fingerprint density at radius 1 is 1.60 bits per heavy atom. The molecule has 0 aromatic heterocycles. The van der Waals surface area contributed by atoms with E-state index in [-0.39, 0.29) is 18.6 Å². The van der Waals surface area contributed by atoms with Gasteiger partial charge < -0.3 is 10.0 Å². The zero-order valence-electron chi connectivity index (χ0n) is 8.77. The number of amides is 1. The summed E-state index contributed by atoms with van der Waals surface area (Å²) in [5.41, 5.74) is 0.657. The quantitative estimate of drug-likeness (QED) is 0.862. The van der Waals surface area contributed by atoms with Crippen molar-refractivity contribution >= 4 is 28.5 Å². The first kappa shape index (κ1) is 12.4. The van der Waals surface area contributed by atoms with Crippen LogP contribution in [0.25, 0.3) is 0 Å². The Kier molecular flexibility index (Phi) is 4.53. The minimum Gasteiger partial charge on any atom is -0.394 e. The molecule has 0 spiro atoms. The monoisotopic (exact) mass is 319 g/mol. The molecule has 1 aromatic rings. The van der Waals surface area contributed by atoms with Crippen LogP contribution in [0.2, 0.25) is 0 Å². The highest BCUT2D eigenvalue weighted by atomic mass is 127. The van der Waals surface area contributed by atoms with Gasteiger partial charge in [-0.3, -0.25) is 4.79 Å². The maximum absolute atomic E-state index is 11.9. The van der Waals surface area contributed by atoms with Gasteiger partial charge in [-0.1, -0.05) is 6.07 Å². The first-order valence-corrected chi connectivity index (χ1v) is 5.77. The molecule has 0 aliphatic carbocycles. The van der Waals surface area contributed by atoms with Crippen molar-refractivity contribution in [3.8, 4) is 0 Å². The number of aliphatic hydroxyl groups is 1. The summed E-state index contributed by atoms with van der Waals surface area (Å²) in [5, 5.41) is 8.96. The van der Waals surface area contributed by atoms with Crippen molar-refractivity contribution in [2.24, 2.45) is 0 Å². The largest absolute Gasteiger partial charge is 0.394 e. The number of likely N-dealkylation sites (N-methyl/N-ethyl adjacent to an activating group) is 1. The zero-order valence-corrected chi connectivity index (χ0v) is 10.9. The van der Waals surface area contributed by atoms with Crippen LogP contribution in [-0.4, -0.2) is 35.6 Å². The SMILES string of the molecule is CC(CO)N(C)C(=O)c1cccc(I)c1. The molecule has 0 fully saturated rings. The summed E-state index contributed by atoms with van der Waals surface area (Å²) in [4.78, 5) is 13.5. The lowest BCUT2D eigenvalue weighted by Crippen LogP contribution is -2.37. The summed E-state index contributed by atoms with van der Waals surface area (Å²) in [5.74, 6) is -0.0601. The fraction of sp³-hybridized carbons (Fsp3) is 0.364. The smallest absolute Gasteiger partial charge is 0.253 e. The Morgan fingerprint density at radius 3 is 2.80 bits per heavy atom. The minimum atomic E-state index is -0.157. The number of rotatable bonds is 3. The minimum absolute atomic E-state index is 0.0217. The van der Waals surface area contributed by atoms with E-state index in [0.717, 1.165) is 3.57 Å². The van der Waals surface area contributed by atoms with Crippen LogP contribution in [-0.2, 0) is 0 Å². The highest BCUT2D eigenvalue weighted by Crippen LogP contribution is 2.11. The molecule has 1 atom stereocenters. The van der Waals surface area contributed by atoms with E-state index in [4.69, 9.17) is 5.11 Å². The normalized spacial score (nSPS) is 12.3. The third kappa shape index (κ3) is 3.17. The van der Waals surface area contributed by atoms with Gasteiger partial charge in [0.2, 0.25) is 0 Å². The summed E-state index contributed by atoms with van der Waals surface area (Å²) in [6.45, 7) is 1.79. The van der Waals surface area contributed by atoms with Gasteiger partial charge in [0.15, 0.2) is 0 Å². The van der Waals surface area contributed by atoms with Crippen LogP contribution in [0, 0.1) is 3.57 Å². The average Bonchev–Trinajstić information content (AvgIpc) is 2.26. The number of carbonyl (C=O) groups excluding carboxylic acids is 1. The number of nitrogens with zero attached hydrogens (tertiary/aromatic N) is 1.